The van der Waals surface area contributed by atoms with Gasteiger partial charge in [0.15, 0.2) is 17.2 Å². The lowest BCUT2D eigenvalue weighted by Crippen LogP contribution is -2.52. The Bertz CT molecular complexity index is 1250. The van der Waals surface area contributed by atoms with Gasteiger partial charge in [-0.25, -0.2) is 0 Å². The Hall–Kier alpha value is -3.36. The molecule has 1 saturated heterocycles. The molecule has 9 nitrogen and oxygen atoms in total. The van der Waals surface area contributed by atoms with Crippen LogP contribution < -0.4 is 9.47 Å². The van der Waals surface area contributed by atoms with Crippen molar-refractivity contribution in [3.05, 3.63) is 34.8 Å². The molecule has 2 aromatic heterocycles. The van der Waals surface area contributed by atoms with Crippen LogP contribution in [0.15, 0.2) is 12.1 Å². The zero-order valence-electron chi connectivity index (χ0n) is 19.5. The highest BCUT2D eigenvalue weighted by atomic mass is 16.5. The summed E-state index contributed by atoms with van der Waals surface area (Å²) in [6.45, 7) is 10.00. The number of benzene rings is 1. The van der Waals surface area contributed by atoms with Crippen molar-refractivity contribution in [3.63, 3.8) is 0 Å². The third kappa shape index (κ3) is 3.46. The predicted octanol–water partition coefficient (Wildman–Crippen LogP) is 3.44. The van der Waals surface area contributed by atoms with Gasteiger partial charge in [0.1, 0.15) is 16.9 Å². The Balaban J connectivity index is 1.36. The van der Waals surface area contributed by atoms with Gasteiger partial charge in [-0.05, 0) is 39.8 Å². The van der Waals surface area contributed by atoms with Crippen molar-refractivity contribution in [1.29, 1.82) is 0 Å². The van der Waals surface area contributed by atoms with E-state index in [0.717, 1.165) is 22.3 Å². The van der Waals surface area contributed by atoms with Crippen molar-refractivity contribution >= 4 is 22.6 Å². The number of carbonyl (C=O) groups excluding carboxylic acids is 2. The summed E-state index contributed by atoms with van der Waals surface area (Å²) >= 11 is 0. The molecule has 174 valence electrons. The lowest BCUT2D eigenvalue weighted by Gasteiger charge is -2.43. The summed E-state index contributed by atoms with van der Waals surface area (Å²) in [5.41, 5.74) is 2.95. The van der Waals surface area contributed by atoms with Crippen LogP contribution >= 0.6 is 0 Å². The van der Waals surface area contributed by atoms with Gasteiger partial charge in [0, 0.05) is 49.1 Å². The zero-order chi connectivity index (χ0) is 23.3. The molecule has 0 atom stereocenters. The lowest BCUT2D eigenvalue weighted by molar-refractivity contribution is -0.00628. The van der Waals surface area contributed by atoms with Crippen LogP contribution in [0, 0.1) is 13.8 Å². The number of amides is 1. The molecule has 1 spiro atoms. The van der Waals surface area contributed by atoms with Gasteiger partial charge in [-0.15, -0.1) is 0 Å². The summed E-state index contributed by atoms with van der Waals surface area (Å²) in [6, 6.07) is 3.65. The summed E-state index contributed by atoms with van der Waals surface area (Å²) < 4.78 is 14.0. The van der Waals surface area contributed by atoms with Crippen LogP contribution in [-0.4, -0.2) is 61.9 Å². The molecule has 3 aromatic rings. The zero-order valence-corrected chi connectivity index (χ0v) is 19.5. The number of nitrogens with one attached hydrogen (secondary N) is 1. The SMILES string of the molecule is CCOc1cc(C(=O)N2CCC3(CC2)CC(=O)c2nn(CC)c(C)c2O3)cc2c(C)[nH]nc12. The van der Waals surface area contributed by atoms with Gasteiger partial charge in [0.25, 0.3) is 5.91 Å². The number of ketones is 1. The average Bonchev–Trinajstić information content (AvgIpc) is 3.34. The molecule has 4 heterocycles. The summed E-state index contributed by atoms with van der Waals surface area (Å²) in [6.07, 6.45) is 1.51. The van der Waals surface area contributed by atoms with E-state index in [2.05, 4.69) is 15.3 Å². The lowest BCUT2D eigenvalue weighted by atomic mass is 9.83. The van der Waals surface area contributed by atoms with Crippen LogP contribution in [0.25, 0.3) is 10.9 Å². The maximum Gasteiger partial charge on any atom is 0.254 e. The van der Waals surface area contributed by atoms with Crippen LogP contribution in [0.3, 0.4) is 0 Å². The van der Waals surface area contributed by atoms with E-state index >= 15 is 0 Å². The molecule has 2 aliphatic heterocycles. The second-order valence-corrected chi connectivity index (χ2v) is 8.91. The Morgan fingerprint density at radius 3 is 2.70 bits per heavy atom. The molecular weight excluding hydrogens is 422 g/mol. The van der Waals surface area contributed by atoms with Gasteiger partial charge in [0.2, 0.25) is 0 Å². The number of fused-ring (bicyclic) bond motifs is 2. The summed E-state index contributed by atoms with van der Waals surface area (Å²) in [5.74, 6) is 1.18. The fourth-order valence-corrected chi connectivity index (χ4v) is 4.95. The van der Waals surface area contributed by atoms with E-state index in [9.17, 15) is 9.59 Å². The smallest absolute Gasteiger partial charge is 0.254 e. The van der Waals surface area contributed by atoms with E-state index in [1.807, 2.05) is 43.3 Å². The number of hydrogen-bond acceptors (Lipinski definition) is 6. The van der Waals surface area contributed by atoms with Crippen molar-refractivity contribution < 1.29 is 19.1 Å². The number of Topliss-reactive ketones (excluding diaryl/α,β-unsaturated/α-hetero) is 1. The number of carbonyl (C=O) groups is 2. The largest absolute Gasteiger partial charge is 0.491 e. The molecule has 33 heavy (non-hydrogen) atoms. The number of likely N-dealkylation sites (tertiary alicyclic amines) is 1. The molecule has 5 rings (SSSR count). The first-order valence-electron chi connectivity index (χ1n) is 11.6. The molecule has 9 heteroatoms. The monoisotopic (exact) mass is 451 g/mol. The number of nitrogens with zero attached hydrogens (tertiary/aromatic N) is 4. The summed E-state index contributed by atoms with van der Waals surface area (Å²) in [5, 5.41) is 12.6. The molecule has 0 bridgehead atoms. The quantitative estimate of drug-likeness (QED) is 0.652. The van der Waals surface area contributed by atoms with E-state index in [0.29, 0.717) is 68.3 Å². The highest BCUT2D eigenvalue weighted by molar-refractivity contribution is 6.01. The van der Waals surface area contributed by atoms with Crippen LogP contribution in [0.1, 0.15) is 65.3 Å². The standard InChI is InChI=1S/C24H29N5O4/c1-5-29-15(4)22-21(27-29)18(30)13-24(33-22)7-9-28(10-8-24)23(31)16-11-17-14(3)25-26-20(17)19(12-16)32-6-2/h11-12H,5-10,13H2,1-4H3,(H,25,26). The maximum absolute atomic E-state index is 13.4. The van der Waals surface area contributed by atoms with E-state index in [1.165, 1.54) is 0 Å². The van der Waals surface area contributed by atoms with E-state index < -0.39 is 5.60 Å². The minimum atomic E-state index is -0.575. The number of hydrogen-bond donors (Lipinski definition) is 1. The van der Waals surface area contributed by atoms with Gasteiger partial charge in [-0.2, -0.15) is 10.2 Å². The van der Waals surface area contributed by atoms with Crippen LogP contribution in [-0.2, 0) is 6.54 Å². The van der Waals surface area contributed by atoms with E-state index in [1.54, 1.807) is 6.07 Å². The fraction of sp³-hybridized carbons (Fsp3) is 0.500. The molecule has 0 saturated carbocycles. The molecule has 1 N–H and O–H groups in total. The molecule has 0 unspecified atom stereocenters. The molecule has 1 amide bonds. The van der Waals surface area contributed by atoms with Crippen molar-refractivity contribution in [1.82, 2.24) is 24.9 Å². The van der Waals surface area contributed by atoms with Crippen molar-refractivity contribution in [3.8, 4) is 11.5 Å². The number of rotatable bonds is 4. The summed E-state index contributed by atoms with van der Waals surface area (Å²) in [7, 11) is 0. The number of H-pyrrole nitrogens is 1. The fourth-order valence-electron chi connectivity index (χ4n) is 4.95. The van der Waals surface area contributed by atoms with Gasteiger partial charge in [-0.1, -0.05) is 0 Å². The Morgan fingerprint density at radius 2 is 2.00 bits per heavy atom. The van der Waals surface area contributed by atoms with E-state index in [-0.39, 0.29) is 11.7 Å². The average molecular weight is 452 g/mol. The van der Waals surface area contributed by atoms with Crippen LogP contribution in [0.2, 0.25) is 0 Å². The third-order valence-corrected chi connectivity index (χ3v) is 6.84. The van der Waals surface area contributed by atoms with Crippen molar-refractivity contribution in [2.45, 2.75) is 59.1 Å². The normalized spacial score (nSPS) is 17.3. The summed E-state index contributed by atoms with van der Waals surface area (Å²) in [4.78, 5) is 28.1. The van der Waals surface area contributed by atoms with Gasteiger partial charge in [-0.3, -0.25) is 19.4 Å². The Kier molecular flexibility index (Phi) is 5.14. The minimum Gasteiger partial charge on any atom is -0.491 e. The molecule has 2 aliphatic rings. The first-order valence-corrected chi connectivity index (χ1v) is 11.6. The highest BCUT2D eigenvalue weighted by Crippen LogP contribution is 2.41. The topological polar surface area (TPSA) is 102 Å². The molecule has 0 aliphatic carbocycles. The number of aromatic amines is 1. The third-order valence-electron chi connectivity index (χ3n) is 6.84. The number of piperidine rings is 1. The number of ether oxygens (including phenoxy) is 2. The number of aromatic nitrogens is 4. The molecule has 1 aromatic carbocycles. The van der Waals surface area contributed by atoms with Crippen molar-refractivity contribution in [2.24, 2.45) is 0 Å². The van der Waals surface area contributed by atoms with Gasteiger partial charge in [0.05, 0.1) is 18.7 Å². The predicted molar refractivity (Wildman–Crippen MR) is 122 cm³/mol. The first-order chi connectivity index (χ1) is 15.9. The van der Waals surface area contributed by atoms with Gasteiger partial charge < -0.3 is 14.4 Å². The van der Waals surface area contributed by atoms with E-state index in [4.69, 9.17) is 9.47 Å². The Labute approximate surface area is 192 Å². The maximum atomic E-state index is 13.4. The van der Waals surface area contributed by atoms with Crippen LogP contribution in [0.4, 0.5) is 0 Å². The number of aryl methyl sites for hydroxylation is 2. The first kappa shape index (κ1) is 21.5. The molecular formula is C24H29N5O4. The second-order valence-electron chi connectivity index (χ2n) is 8.91. The van der Waals surface area contributed by atoms with Crippen molar-refractivity contribution in [2.75, 3.05) is 19.7 Å². The van der Waals surface area contributed by atoms with Crippen LogP contribution in [0.5, 0.6) is 11.5 Å². The molecule has 0 radical (unpaired) electrons. The second kappa shape index (κ2) is 7.90. The highest BCUT2D eigenvalue weighted by Gasteiger charge is 2.45. The Morgan fingerprint density at radius 1 is 1.24 bits per heavy atom. The van der Waals surface area contributed by atoms with Gasteiger partial charge >= 0.3 is 0 Å². The molecule has 1 fully saturated rings. The minimum absolute atomic E-state index is 0.0218.